The molecule has 14 nitrogen and oxygen atoms in total. The first-order valence-electron chi connectivity index (χ1n) is 13.5. The standard InChI is InChI=1S/C25H30ClF3N7O7P/c1-3-40-21(38)13(2)35-44(39,43-15-7-5-4-6-8-15)41-11-16-18(37)24(26,25(27,28)29)22(42-16)36-12-31-17-19(32-14-9-10-14)33-23(30)34-20(17)36/h4-8,12-14,16,18,22,37H,3,9-11H2,1-2H3,(H,35,39)(H3,30,32,33,34)/t13?,16-,18-,22-,24-,44-/m1/s1. The summed E-state index contributed by atoms with van der Waals surface area (Å²) in [7, 11) is -4.51. The molecular weight excluding hydrogens is 634 g/mol. The van der Waals surface area contributed by atoms with Gasteiger partial charge in [0.05, 0.1) is 19.5 Å². The third-order valence-corrected chi connectivity index (χ3v) is 9.13. The molecule has 1 saturated heterocycles. The average molecular weight is 664 g/mol. The third kappa shape index (κ3) is 6.43. The van der Waals surface area contributed by atoms with Crippen molar-refractivity contribution in [1.29, 1.82) is 0 Å². The molecule has 2 fully saturated rings. The zero-order valence-electron chi connectivity index (χ0n) is 23.4. The van der Waals surface area contributed by atoms with E-state index in [1.54, 1.807) is 25.1 Å². The monoisotopic (exact) mass is 663 g/mol. The van der Waals surface area contributed by atoms with Gasteiger partial charge in [-0.15, -0.1) is 11.6 Å². The molecule has 240 valence electrons. The number of benzene rings is 1. The Balaban J connectivity index is 1.44. The Hall–Kier alpha value is -3.21. The Morgan fingerprint density at radius 3 is 2.66 bits per heavy atom. The number of nitrogens with one attached hydrogen (secondary N) is 2. The van der Waals surface area contributed by atoms with Crippen LogP contribution in [0.3, 0.4) is 0 Å². The second-order valence-electron chi connectivity index (χ2n) is 10.2. The van der Waals surface area contributed by atoms with Gasteiger partial charge in [0.1, 0.15) is 24.0 Å². The average Bonchev–Trinajstić information content (AvgIpc) is 3.61. The number of para-hydroxylation sites is 1. The number of rotatable bonds is 12. The Morgan fingerprint density at radius 2 is 2.02 bits per heavy atom. The number of fused-ring (bicyclic) bond motifs is 1. The number of esters is 1. The molecule has 1 saturated carbocycles. The maximum atomic E-state index is 14.6. The van der Waals surface area contributed by atoms with Crippen LogP contribution in [0.5, 0.6) is 5.75 Å². The lowest BCUT2D eigenvalue weighted by molar-refractivity contribution is -0.195. The second-order valence-corrected chi connectivity index (χ2v) is 12.5. The Bertz CT molecular complexity index is 1550. The van der Waals surface area contributed by atoms with Crippen LogP contribution in [0.2, 0.25) is 0 Å². The third-order valence-electron chi connectivity index (χ3n) is 6.86. The van der Waals surface area contributed by atoms with Crippen LogP contribution in [0, 0.1) is 0 Å². The molecule has 1 unspecified atom stereocenters. The van der Waals surface area contributed by atoms with Crippen LogP contribution in [-0.2, 0) is 23.4 Å². The summed E-state index contributed by atoms with van der Waals surface area (Å²) in [4.78, 5) is 21.1. The van der Waals surface area contributed by atoms with E-state index in [2.05, 4.69) is 25.4 Å². The molecule has 3 aromatic rings. The molecule has 2 aromatic heterocycles. The zero-order chi connectivity index (χ0) is 31.9. The Morgan fingerprint density at radius 1 is 1.32 bits per heavy atom. The van der Waals surface area contributed by atoms with Crippen LogP contribution in [0.4, 0.5) is 24.9 Å². The molecule has 44 heavy (non-hydrogen) atoms. The Kier molecular flexibility index (Phi) is 8.99. The summed E-state index contributed by atoms with van der Waals surface area (Å²) >= 11 is 6.19. The highest BCUT2D eigenvalue weighted by molar-refractivity contribution is 7.52. The minimum atomic E-state index is -5.24. The number of anilines is 2. The summed E-state index contributed by atoms with van der Waals surface area (Å²) in [5.74, 6) is -0.746. The molecule has 5 N–H and O–H groups in total. The number of aliphatic hydroxyl groups is 1. The lowest BCUT2D eigenvalue weighted by Crippen LogP contribution is -2.53. The first-order chi connectivity index (χ1) is 20.8. The number of aromatic nitrogens is 4. The molecule has 1 aliphatic heterocycles. The number of hydrogen-bond acceptors (Lipinski definition) is 12. The van der Waals surface area contributed by atoms with Crippen LogP contribution < -0.4 is 20.7 Å². The predicted octanol–water partition coefficient (Wildman–Crippen LogP) is 3.53. The van der Waals surface area contributed by atoms with Gasteiger partial charge in [-0.3, -0.25) is 13.9 Å². The highest BCUT2D eigenvalue weighted by Crippen LogP contribution is 2.55. The van der Waals surface area contributed by atoms with Gasteiger partial charge >= 0.3 is 19.9 Å². The van der Waals surface area contributed by atoms with Gasteiger partial charge in [-0.2, -0.15) is 28.2 Å². The summed E-state index contributed by atoms with van der Waals surface area (Å²) in [6.07, 6.45) is -8.84. The second kappa shape index (κ2) is 12.3. The fourth-order valence-corrected chi connectivity index (χ4v) is 6.33. The van der Waals surface area contributed by atoms with Crippen molar-refractivity contribution < 1.29 is 46.2 Å². The number of aliphatic hydroxyl groups excluding tert-OH is 1. The number of nitrogens with zero attached hydrogens (tertiary/aromatic N) is 4. The van der Waals surface area contributed by atoms with E-state index in [9.17, 15) is 27.6 Å². The van der Waals surface area contributed by atoms with Gasteiger partial charge in [0.2, 0.25) is 10.8 Å². The zero-order valence-corrected chi connectivity index (χ0v) is 25.1. The lowest BCUT2D eigenvalue weighted by Gasteiger charge is -2.32. The summed E-state index contributed by atoms with van der Waals surface area (Å²) in [6.45, 7) is 2.03. The van der Waals surface area contributed by atoms with Gasteiger partial charge in [-0.1, -0.05) is 18.2 Å². The number of alkyl halides is 4. The van der Waals surface area contributed by atoms with E-state index in [0.29, 0.717) is 0 Å². The smallest absolute Gasteiger partial charge is 0.459 e. The molecule has 0 amide bonds. The minimum absolute atomic E-state index is 0.0337. The number of carbonyl (C=O) groups excluding carboxylic acids is 1. The van der Waals surface area contributed by atoms with E-state index in [-0.39, 0.29) is 41.3 Å². The first-order valence-corrected chi connectivity index (χ1v) is 15.5. The van der Waals surface area contributed by atoms with Crippen molar-refractivity contribution in [3.8, 4) is 5.75 Å². The van der Waals surface area contributed by atoms with E-state index in [1.807, 2.05) is 0 Å². The summed E-state index contributed by atoms with van der Waals surface area (Å²) in [5.41, 5.74) is 5.83. The van der Waals surface area contributed by atoms with Crippen molar-refractivity contribution >= 4 is 48.2 Å². The number of carbonyl (C=O) groups is 1. The van der Waals surface area contributed by atoms with Gasteiger partial charge in [-0.25, -0.2) is 9.55 Å². The van der Waals surface area contributed by atoms with E-state index in [0.717, 1.165) is 23.7 Å². The maximum absolute atomic E-state index is 14.6. The summed E-state index contributed by atoms with van der Waals surface area (Å²) in [6, 6.07) is 6.60. The van der Waals surface area contributed by atoms with E-state index < -0.39 is 55.9 Å². The Labute approximate surface area is 254 Å². The minimum Gasteiger partial charge on any atom is -0.465 e. The number of hydrogen-bond donors (Lipinski definition) is 4. The van der Waals surface area contributed by atoms with E-state index in [4.69, 9.17) is 35.9 Å². The molecule has 3 heterocycles. The number of nitrogen functional groups attached to an aromatic ring is 1. The van der Waals surface area contributed by atoms with Gasteiger partial charge in [0, 0.05) is 6.04 Å². The quantitative estimate of drug-likeness (QED) is 0.125. The molecule has 0 bridgehead atoms. The highest BCUT2D eigenvalue weighted by Gasteiger charge is 2.71. The molecule has 19 heteroatoms. The molecule has 5 rings (SSSR count). The van der Waals surface area contributed by atoms with Crippen LogP contribution in [0.15, 0.2) is 36.7 Å². The van der Waals surface area contributed by atoms with Crippen LogP contribution >= 0.6 is 19.3 Å². The van der Waals surface area contributed by atoms with Crippen LogP contribution in [-0.4, -0.2) is 79.2 Å². The van der Waals surface area contributed by atoms with Crippen molar-refractivity contribution in [2.24, 2.45) is 0 Å². The number of imidazole rings is 1. The van der Waals surface area contributed by atoms with Gasteiger partial charge in [0.25, 0.3) is 0 Å². The van der Waals surface area contributed by atoms with E-state index in [1.165, 1.54) is 19.1 Å². The fraction of sp³-hybridized carbons (Fsp3) is 0.520. The van der Waals surface area contributed by atoms with Crippen molar-refractivity contribution in [2.75, 3.05) is 24.3 Å². The van der Waals surface area contributed by atoms with Gasteiger partial charge < -0.3 is 30.2 Å². The SMILES string of the molecule is CCOC(=O)C(C)N[P@@](=O)(OC[C@H]1O[C@@H](n2cnc3c(NC4CC4)nc(N)nc32)[C@@](Cl)(C(F)(F)F)[C@@H]1O)Oc1ccccc1. The maximum Gasteiger partial charge on any atom is 0.459 e. The van der Waals surface area contributed by atoms with Crippen molar-refractivity contribution in [3.63, 3.8) is 0 Å². The predicted molar refractivity (Wildman–Crippen MR) is 151 cm³/mol. The molecular formula is C25H30ClF3N7O7P. The molecule has 2 aliphatic rings. The molecule has 1 aromatic carbocycles. The normalized spacial score (nSPS) is 25.8. The van der Waals surface area contributed by atoms with Gasteiger partial charge in [0.15, 0.2) is 23.2 Å². The molecule has 0 spiro atoms. The number of ether oxygens (including phenoxy) is 2. The number of nitrogens with two attached hydrogens (primary N) is 1. The van der Waals surface area contributed by atoms with Crippen molar-refractivity contribution in [2.45, 2.75) is 68.3 Å². The largest absolute Gasteiger partial charge is 0.465 e. The topological polar surface area (TPSA) is 185 Å². The summed E-state index contributed by atoms with van der Waals surface area (Å²) < 4.78 is 80.0. The van der Waals surface area contributed by atoms with Crippen molar-refractivity contribution in [3.05, 3.63) is 36.7 Å². The lowest BCUT2D eigenvalue weighted by atomic mass is 9.98. The molecule has 0 radical (unpaired) electrons. The highest BCUT2D eigenvalue weighted by atomic mass is 35.5. The first kappa shape index (κ1) is 32.2. The van der Waals surface area contributed by atoms with Crippen LogP contribution in [0.1, 0.15) is 32.9 Å². The fourth-order valence-electron chi connectivity index (χ4n) is 4.53. The van der Waals surface area contributed by atoms with Crippen molar-refractivity contribution in [1.82, 2.24) is 24.6 Å². The van der Waals surface area contributed by atoms with Gasteiger partial charge in [-0.05, 0) is 38.8 Å². The molecule has 6 atom stereocenters. The summed E-state index contributed by atoms with van der Waals surface area (Å²) in [5, 5.41) is 16.5. The number of halogens is 4. The molecule has 1 aliphatic carbocycles. The van der Waals surface area contributed by atoms with E-state index >= 15 is 0 Å². The van der Waals surface area contributed by atoms with Crippen LogP contribution in [0.25, 0.3) is 11.2 Å².